The lowest BCUT2D eigenvalue weighted by molar-refractivity contribution is -0.673. The van der Waals surface area contributed by atoms with Gasteiger partial charge in [0, 0.05) is 37.6 Å². The summed E-state index contributed by atoms with van der Waals surface area (Å²) in [5.41, 5.74) is 3.65. The molecule has 39 heavy (non-hydrogen) atoms. The monoisotopic (exact) mass is 628 g/mol. The Hall–Kier alpha value is -2.20. The topological polar surface area (TPSA) is 72.5 Å². The van der Waals surface area contributed by atoms with Crippen LogP contribution in [0.3, 0.4) is 0 Å². The Labute approximate surface area is 248 Å². The van der Waals surface area contributed by atoms with Crippen LogP contribution in [-0.4, -0.2) is 36.9 Å². The summed E-state index contributed by atoms with van der Waals surface area (Å²) >= 11 is 25.1. The largest absolute Gasteiger partial charge is 0.748 e. The van der Waals surface area contributed by atoms with Gasteiger partial charge in [-0.1, -0.05) is 64.6 Å². The molecular weight excluding hydrogens is 602 g/mol. The minimum atomic E-state index is -4.32. The first kappa shape index (κ1) is 29.8. The summed E-state index contributed by atoms with van der Waals surface area (Å²) in [5, 5.41) is 1.84. The molecule has 0 N–H and O–H groups in total. The van der Waals surface area contributed by atoms with Crippen LogP contribution in [0, 0.1) is 0 Å². The van der Waals surface area contributed by atoms with E-state index in [4.69, 9.17) is 46.4 Å². The van der Waals surface area contributed by atoms with Gasteiger partial charge in [-0.2, -0.15) is 0 Å². The van der Waals surface area contributed by atoms with Crippen molar-refractivity contribution in [1.29, 1.82) is 0 Å². The number of anilines is 2. The van der Waals surface area contributed by atoms with Crippen molar-refractivity contribution < 1.29 is 17.5 Å². The zero-order valence-corrected chi connectivity index (χ0v) is 25.5. The molecule has 7 nitrogen and oxygen atoms in total. The van der Waals surface area contributed by atoms with E-state index in [0.29, 0.717) is 33.2 Å². The van der Waals surface area contributed by atoms with E-state index in [1.165, 1.54) is 0 Å². The molecule has 0 unspecified atom stereocenters. The van der Waals surface area contributed by atoms with Gasteiger partial charge < -0.3 is 14.4 Å². The minimum absolute atomic E-state index is 0.177. The maximum absolute atomic E-state index is 11.2. The molecule has 0 atom stereocenters. The lowest BCUT2D eigenvalue weighted by Crippen LogP contribution is -2.37. The highest BCUT2D eigenvalue weighted by Gasteiger charge is 2.28. The molecule has 12 heteroatoms. The second-order valence-corrected chi connectivity index (χ2v) is 12.1. The van der Waals surface area contributed by atoms with Crippen molar-refractivity contribution in [2.45, 2.75) is 33.4 Å². The molecule has 0 amide bonds. The van der Waals surface area contributed by atoms with E-state index in [0.717, 1.165) is 40.6 Å². The quantitative estimate of drug-likeness (QED) is 0.146. The van der Waals surface area contributed by atoms with Gasteiger partial charge in [0.15, 0.2) is 11.0 Å². The molecule has 2 aromatic carbocycles. The first-order chi connectivity index (χ1) is 18.5. The van der Waals surface area contributed by atoms with Gasteiger partial charge >= 0.3 is 0 Å². The van der Waals surface area contributed by atoms with Crippen molar-refractivity contribution in [2.24, 2.45) is 0 Å². The normalized spacial score (nSPS) is 15.1. The Morgan fingerprint density at radius 2 is 1.54 bits per heavy atom. The summed E-state index contributed by atoms with van der Waals surface area (Å²) in [6.45, 7) is 5.81. The first-order valence-electron chi connectivity index (χ1n) is 12.4. The number of fused-ring (bicyclic) bond motifs is 2. The van der Waals surface area contributed by atoms with Crippen molar-refractivity contribution in [3.8, 4) is 0 Å². The van der Waals surface area contributed by atoms with Crippen LogP contribution in [-0.2, 0) is 23.2 Å². The van der Waals surface area contributed by atoms with E-state index in [2.05, 4.69) is 21.3 Å². The minimum Gasteiger partial charge on any atom is -0.748 e. The smallest absolute Gasteiger partial charge is 0.282 e. The molecule has 0 saturated carbocycles. The van der Waals surface area contributed by atoms with Crippen molar-refractivity contribution in [3.05, 3.63) is 80.3 Å². The molecule has 1 aliphatic heterocycles. The molecule has 0 aliphatic carbocycles. The first-order valence-corrected chi connectivity index (χ1v) is 15.5. The van der Waals surface area contributed by atoms with E-state index in [1.807, 2.05) is 61.1 Å². The van der Waals surface area contributed by atoms with Crippen LogP contribution < -0.4 is 14.4 Å². The Kier molecular flexibility index (Phi) is 9.26. The van der Waals surface area contributed by atoms with Crippen LogP contribution in [0.4, 0.5) is 11.4 Å². The lowest BCUT2D eigenvalue weighted by atomic mass is 10.2. The molecule has 208 valence electrons. The summed E-state index contributed by atoms with van der Waals surface area (Å²) in [4.78, 5) is 4.22. The van der Waals surface area contributed by atoms with Crippen LogP contribution in [0.1, 0.15) is 26.1 Å². The Morgan fingerprint density at radius 3 is 2.18 bits per heavy atom. The number of hydrogen-bond acceptors (Lipinski definition) is 5. The number of aryl methyl sites for hydroxylation is 2. The lowest BCUT2D eigenvalue weighted by Gasteiger charge is -2.20. The van der Waals surface area contributed by atoms with E-state index >= 15 is 0 Å². The molecule has 0 radical (unpaired) electrons. The van der Waals surface area contributed by atoms with E-state index in [1.54, 1.807) is 12.1 Å². The summed E-state index contributed by atoms with van der Waals surface area (Å²) in [5.74, 6) is 1.37. The number of aromatic nitrogens is 2. The highest BCUT2D eigenvalue weighted by Crippen LogP contribution is 2.44. The highest BCUT2D eigenvalue weighted by molar-refractivity contribution is 7.85. The fourth-order valence-corrected chi connectivity index (χ4v) is 5.93. The second kappa shape index (κ2) is 12.1. The summed E-state index contributed by atoms with van der Waals surface area (Å²) < 4.78 is 37.6. The molecule has 1 aromatic heterocycles. The van der Waals surface area contributed by atoms with Crippen LogP contribution in [0.5, 0.6) is 0 Å². The second-order valence-electron chi connectivity index (χ2n) is 8.95. The summed E-state index contributed by atoms with van der Waals surface area (Å²) in [6.07, 6.45) is 9.90. The Bertz CT molecular complexity index is 1610. The molecule has 3 aromatic rings. The Morgan fingerprint density at radius 1 is 0.897 bits per heavy atom. The molecule has 4 rings (SSSR count). The third kappa shape index (κ3) is 6.26. The molecule has 2 heterocycles. The van der Waals surface area contributed by atoms with Gasteiger partial charge in [-0.25, -0.2) is 17.6 Å². The molecule has 0 bridgehead atoms. The number of halogens is 4. The number of hydrogen-bond donors (Lipinski definition) is 0. The van der Waals surface area contributed by atoms with Gasteiger partial charge in [-0.15, -0.1) is 0 Å². The van der Waals surface area contributed by atoms with Gasteiger partial charge in [0.25, 0.3) is 5.82 Å². The van der Waals surface area contributed by atoms with E-state index in [9.17, 15) is 13.0 Å². The standard InChI is InChI=1S/C27H28Cl4N4O3S/c1-4-33-23-15-19(29)18(28)14-22(23)32(3)26(33)10-7-6-8-11-27-34(5-2)24-16-20(30)21(31)17-25(24)35(27)12-9-13-39(36,37)38/h6-8,10-11,14-17H,4-5,9,12-13H2,1-3H3. The molecular formula is C27H28Cl4N4O3S. The summed E-state index contributed by atoms with van der Waals surface area (Å²) in [7, 11) is -2.34. The van der Waals surface area contributed by atoms with Gasteiger partial charge in [0.05, 0.1) is 54.7 Å². The maximum Gasteiger partial charge on any atom is 0.282 e. The number of rotatable bonds is 9. The van der Waals surface area contributed by atoms with Crippen molar-refractivity contribution in [1.82, 2.24) is 4.57 Å². The molecule has 0 saturated heterocycles. The number of benzene rings is 2. The molecule has 1 aliphatic rings. The van der Waals surface area contributed by atoms with Crippen molar-refractivity contribution in [3.63, 3.8) is 0 Å². The van der Waals surface area contributed by atoms with Crippen LogP contribution in [0.25, 0.3) is 17.1 Å². The van der Waals surface area contributed by atoms with E-state index in [-0.39, 0.29) is 6.42 Å². The SMILES string of the molecule is CCN1\C(=C/C=C/C=C/c2n(CC)c3cc(Cl)c(Cl)cc3[n+]2CCCS(=O)(=O)[O-])N(C)c2cc(Cl)c(Cl)cc21. The zero-order valence-electron chi connectivity index (χ0n) is 21.7. The third-order valence-electron chi connectivity index (χ3n) is 6.56. The maximum atomic E-state index is 11.2. The van der Waals surface area contributed by atoms with E-state index < -0.39 is 15.9 Å². The average Bonchev–Trinajstić information content (AvgIpc) is 3.29. The van der Waals surface area contributed by atoms with Gasteiger partial charge in [0.1, 0.15) is 5.82 Å². The molecule has 0 spiro atoms. The number of nitrogens with zero attached hydrogens (tertiary/aromatic N) is 4. The Balaban J connectivity index is 1.66. The van der Waals surface area contributed by atoms with Crippen molar-refractivity contribution >= 4 is 85.0 Å². The zero-order chi connectivity index (χ0) is 28.5. The average molecular weight is 630 g/mol. The van der Waals surface area contributed by atoms with Gasteiger partial charge in [0.2, 0.25) is 0 Å². The van der Waals surface area contributed by atoms with Crippen LogP contribution >= 0.6 is 46.4 Å². The number of allylic oxidation sites excluding steroid dienone is 4. The predicted octanol–water partition coefficient (Wildman–Crippen LogP) is 6.88. The van der Waals surface area contributed by atoms with Gasteiger partial charge in [-0.3, -0.25) is 0 Å². The van der Waals surface area contributed by atoms with Gasteiger partial charge in [-0.05, 0) is 38.5 Å². The number of imidazole rings is 1. The summed E-state index contributed by atoms with van der Waals surface area (Å²) in [6, 6.07) is 7.31. The van der Waals surface area contributed by atoms with Crippen LogP contribution in [0.2, 0.25) is 20.1 Å². The molecule has 0 fully saturated rings. The van der Waals surface area contributed by atoms with Crippen LogP contribution in [0.15, 0.2) is 54.4 Å². The fourth-order valence-electron chi connectivity index (χ4n) is 4.82. The van der Waals surface area contributed by atoms with Crippen molar-refractivity contribution in [2.75, 3.05) is 29.1 Å². The highest BCUT2D eigenvalue weighted by atomic mass is 35.5. The fraction of sp³-hybridized carbons (Fsp3) is 0.296. The third-order valence-corrected chi connectivity index (χ3v) is 8.80. The predicted molar refractivity (Wildman–Crippen MR) is 161 cm³/mol.